The Morgan fingerprint density at radius 3 is 2.71 bits per heavy atom. The van der Waals surface area contributed by atoms with E-state index in [1.165, 1.54) is 0 Å². The predicted molar refractivity (Wildman–Crippen MR) is 98.6 cm³/mol. The molecular formula is C19H14ClN3O. The second-order valence-corrected chi connectivity index (χ2v) is 6.06. The number of aromatic amines is 1. The highest BCUT2D eigenvalue weighted by Crippen LogP contribution is 2.19. The third-order valence-electron chi connectivity index (χ3n) is 3.97. The molecule has 0 amide bonds. The van der Waals surface area contributed by atoms with Crippen LogP contribution in [0.4, 0.5) is 5.82 Å². The molecule has 0 atom stereocenters. The van der Waals surface area contributed by atoms with Gasteiger partial charge in [0.05, 0.1) is 0 Å². The molecule has 4 rings (SSSR count). The van der Waals surface area contributed by atoms with Crippen LogP contribution in [0.5, 0.6) is 0 Å². The maximum atomic E-state index is 12.2. The molecule has 0 bridgehead atoms. The Kier molecular flexibility index (Phi) is 3.67. The number of nitrogens with zero attached hydrogens (tertiary/aromatic N) is 1. The lowest BCUT2D eigenvalue weighted by molar-refractivity contribution is 1.07. The summed E-state index contributed by atoms with van der Waals surface area (Å²) in [6.07, 6.45) is 1.82. The van der Waals surface area contributed by atoms with Gasteiger partial charge < -0.3 is 10.3 Å². The molecule has 0 aliphatic carbocycles. The van der Waals surface area contributed by atoms with Crippen LogP contribution >= 0.6 is 11.6 Å². The van der Waals surface area contributed by atoms with Gasteiger partial charge in [-0.15, -0.1) is 0 Å². The highest BCUT2D eigenvalue weighted by atomic mass is 35.5. The first-order chi connectivity index (χ1) is 11.7. The number of halogens is 1. The van der Waals surface area contributed by atoms with Gasteiger partial charge in [0.2, 0.25) is 0 Å². The van der Waals surface area contributed by atoms with Crippen molar-refractivity contribution >= 4 is 39.1 Å². The standard InChI is InChI=1S/C19H14ClN3O/c20-16-5-6-17-14(8-16)7-15(19(24)23-17)11-22-18-9-12-3-1-2-4-13(12)10-21-18/h1-10H,11H2,(H,21,22)(H,23,24). The smallest absolute Gasteiger partial charge is 0.253 e. The van der Waals surface area contributed by atoms with E-state index in [0.29, 0.717) is 17.1 Å². The second kappa shape index (κ2) is 5.98. The van der Waals surface area contributed by atoms with E-state index in [2.05, 4.69) is 15.3 Å². The van der Waals surface area contributed by atoms with Crippen molar-refractivity contribution in [1.29, 1.82) is 0 Å². The lowest BCUT2D eigenvalue weighted by Gasteiger charge is -2.07. The first kappa shape index (κ1) is 14.7. The van der Waals surface area contributed by atoms with E-state index < -0.39 is 0 Å². The van der Waals surface area contributed by atoms with Gasteiger partial charge in [-0.1, -0.05) is 35.9 Å². The summed E-state index contributed by atoms with van der Waals surface area (Å²) >= 11 is 6.02. The number of hydrogen-bond donors (Lipinski definition) is 2. The first-order valence-corrected chi connectivity index (χ1v) is 7.97. The normalized spacial score (nSPS) is 11.0. The topological polar surface area (TPSA) is 57.8 Å². The number of rotatable bonds is 3. The summed E-state index contributed by atoms with van der Waals surface area (Å²) in [5.74, 6) is 0.735. The highest BCUT2D eigenvalue weighted by molar-refractivity contribution is 6.31. The molecule has 5 heteroatoms. The molecule has 0 spiro atoms. The molecule has 0 fully saturated rings. The van der Waals surface area contributed by atoms with Crippen LogP contribution in [0.25, 0.3) is 21.7 Å². The van der Waals surface area contributed by atoms with Gasteiger partial charge in [0, 0.05) is 39.6 Å². The predicted octanol–water partition coefficient (Wildman–Crippen LogP) is 4.34. The Balaban J connectivity index is 1.63. The average molecular weight is 336 g/mol. The van der Waals surface area contributed by atoms with Gasteiger partial charge in [-0.2, -0.15) is 0 Å². The van der Waals surface area contributed by atoms with Gasteiger partial charge in [-0.3, -0.25) is 4.79 Å². The van der Waals surface area contributed by atoms with Gasteiger partial charge in [-0.25, -0.2) is 4.98 Å². The quantitative estimate of drug-likeness (QED) is 0.585. The fraction of sp³-hybridized carbons (Fsp3) is 0.0526. The number of pyridine rings is 2. The van der Waals surface area contributed by atoms with Gasteiger partial charge in [0.1, 0.15) is 5.82 Å². The number of fused-ring (bicyclic) bond motifs is 2. The number of anilines is 1. The fourth-order valence-electron chi connectivity index (χ4n) is 2.72. The molecule has 4 aromatic rings. The van der Waals surface area contributed by atoms with Crippen molar-refractivity contribution in [1.82, 2.24) is 9.97 Å². The van der Waals surface area contributed by atoms with E-state index in [0.717, 1.165) is 27.5 Å². The van der Waals surface area contributed by atoms with E-state index in [9.17, 15) is 4.79 Å². The molecule has 0 unspecified atom stereocenters. The van der Waals surface area contributed by atoms with E-state index in [1.807, 2.05) is 48.7 Å². The highest BCUT2D eigenvalue weighted by Gasteiger charge is 2.05. The molecule has 2 heterocycles. The molecule has 2 N–H and O–H groups in total. The molecule has 0 saturated heterocycles. The van der Waals surface area contributed by atoms with E-state index in [1.54, 1.807) is 12.1 Å². The monoisotopic (exact) mass is 335 g/mol. The minimum atomic E-state index is -0.113. The van der Waals surface area contributed by atoms with Crippen LogP contribution in [0.2, 0.25) is 5.02 Å². The lowest BCUT2D eigenvalue weighted by Crippen LogP contribution is -2.15. The SMILES string of the molecule is O=c1[nH]c2ccc(Cl)cc2cc1CNc1cc2ccccc2cn1. The van der Waals surface area contributed by atoms with Gasteiger partial charge in [-0.05, 0) is 35.7 Å². The minimum Gasteiger partial charge on any atom is -0.366 e. The molecule has 0 aliphatic heterocycles. The molecule has 0 aliphatic rings. The van der Waals surface area contributed by atoms with Crippen molar-refractivity contribution in [2.45, 2.75) is 6.54 Å². The van der Waals surface area contributed by atoms with Gasteiger partial charge >= 0.3 is 0 Å². The first-order valence-electron chi connectivity index (χ1n) is 7.59. The van der Waals surface area contributed by atoms with Crippen LogP contribution in [0.1, 0.15) is 5.56 Å². The summed E-state index contributed by atoms with van der Waals surface area (Å²) < 4.78 is 0. The van der Waals surface area contributed by atoms with Crippen molar-refractivity contribution in [3.8, 4) is 0 Å². The summed E-state index contributed by atoms with van der Waals surface area (Å²) in [5, 5.41) is 6.95. The fourth-order valence-corrected chi connectivity index (χ4v) is 2.90. The van der Waals surface area contributed by atoms with E-state index >= 15 is 0 Å². The van der Waals surface area contributed by atoms with Crippen LogP contribution in [-0.4, -0.2) is 9.97 Å². The number of nitrogens with one attached hydrogen (secondary N) is 2. The van der Waals surface area contributed by atoms with Crippen molar-refractivity contribution < 1.29 is 0 Å². The lowest BCUT2D eigenvalue weighted by atomic mass is 10.1. The number of H-pyrrole nitrogens is 1. The summed E-state index contributed by atoms with van der Waals surface area (Å²) in [4.78, 5) is 19.5. The van der Waals surface area contributed by atoms with E-state index in [-0.39, 0.29) is 5.56 Å². The summed E-state index contributed by atoms with van der Waals surface area (Å²) in [6.45, 7) is 0.392. The number of hydrogen-bond acceptors (Lipinski definition) is 3. The third kappa shape index (κ3) is 2.84. The molecule has 118 valence electrons. The summed E-state index contributed by atoms with van der Waals surface area (Å²) in [5.41, 5.74) is 1.30. The Morgan fingerprint density at radius 1 is 1.00 bits per heavy atom. The van der Waals surface area contributed by atoms with Crippen molar-refractivity contribution in [2.75, 3.05) is 5.32 Å². The molecule has 24 heavy (non-hydrogen) atoms. The Labute approximate surface area is 143 Å². The van der Waals surface area contributed by atoms with Crippen LogP contribution in [-0.2, 0) is 6.54 Å². The number of aromatic nitrogens is 2. The molecule has 0 radical (unpaired) electrons. The van der Waals surface area contributed by atoms with Crippen LogP contribution < -0.4 is 10.9 Å². The molecule has 2 aromatic carbocycles. The Morgan fingerprint density at radius 2 is 1.83 bits per heavy atom. The van der Waals surface area contributed by atoms with Crippen molar-refractivity contribution in [3.05, 3.63) is 81.7 Å². The van der Waals surface area contributed by atoms with Gasteiger partial charge in [0.25, 0.3) is 5.56 Å². The summed E-state index contributed by atoms with van der Waals surface area (Å²) in [6, 6.07) is 17.3. The van der Waals surface area contributed by atoms with Crippen LogP contribution in [0.15, 0.2) is 65.6 Å². The van der Waals surface area contributed by atoms with Gasteiger partial charge in [0.15, 0.2) is 0 Å². The van der Waals surface area contributed by atoms with E-state index in [4.69, 9.17) is 11.6 Å². The number of benzene rings is 2. The maximum Gasteiger partial charge on any atom is 0.253 e. The molecule has 4 nitrogen and oxygen atoms in total. The Bertz CT molecular complexity index is 1100. The zero-order chi connectivity index (χ0) is 16.5. The van der Waals surface area contributed by atoms with Crippen LogP contribution in [0.3, 0.4) is 0 Å². The molecule has 2 aromatic heterocycles. The van der Waals surface area contributed by atoms with Crippen molar-refractivity contribution in [2.24, 2.45) is 0 Å². The molecule has 0 saturated carbocycles. The molecular weight excluding hydrogens is 322 g/mol. The minimum absolute atomic E-state index is 0.113. The Hall–Kier alpha value is -2.85. The largest absolute Gasteiger partial charge is 0.366 e. The third-order valence-corrected chi connectivity index (χ3v) is 4.21. The zero-order valence-electron chi connectivity index (χ0n) is 12.7. The average Bonchev–Trinajstić information content (AvgIpc) is 2.60. The summed E-state index contributed by atoms with van der Waals surface area (Å²) in [7, 11) is 0. The van der Waals surface area contributed by atoms with Crippen molar-refractivity contribution in [3.63, 3.8) is 0 Å². The zero-order valence-corrected chi connectivity index (χ0v) is 13.5. The second-order valence-electron chi connectivity index (χ2n) is 5.63. The van der Waals surface area contributed by atoms with Crippen LogP contribution in [0, 0.1) is 0 Å². The maximum absolute atomic E-state index is 12.2.